The van der Waals surface area contributed by atoms with Crippen molar-refractivity contribution in [3.8, 4) is 0 Å². The maximum Gasteiger partial charge on any atom is 0.373 e. The molecule has 0 aromatic heterocycles. The van der Waals surface area contributed by atoms with Gasteiger partial charge < -0.3 is 9.47 Å². The summed E-state index contributed by atoms with van der Waals surface area (Å²) in [5.74, 6) is 0.131. The summed E-state index contributed by atoms with van der Waals surface area (Å²) in [4.78, 5) is 11.5. The first-order chi connectivity index (χ1) is 8.20. The quantitative estimate of drug-likeness (QED) is 0.735. The minimum Gasteiger partial charge on any atom is -0.484 e. The van der Waals surface area contributed by atoms with Crippen LogP contribution >= 0.6 is 0 Å². The van der Waals surface area contributed by atoms with E-state index in [1.165, 1.54) is 12.7 Å². The Labute approximate surface area is 101 Å². The lowest BCUT2D eigenvalue weighted by molar-refractivity contribution is -0.141. The Balaban J connectivity index is 2.26. The fourth-order valence-corrected chi connectivity index (χ4v) is 2.06. The molecule has 2 atom stereocenters. The van der Waals surface area contributed by atoms with Crippen LogP contribution in [0.4, 0.5) is 0 Å². The second-order valence-corrected chi connectivity index (χ2v) is 4.20. The molecular weight excluding hydrogens is 216 g/mol. The van der Waals surface area contributed by atoms with Gasteiger partial charge in [0, 0.05) is 5.92 Å². The minimum atomic E-state index is -0.405. The smallest absolute Gasteiger partial charge is 0.373 e. The highest BCUT2D eigenvalue weighted by Crippen LogP contribution is 2.30. The van der Waals surface area contributed by atoms with Gasteiger partial charge in [-0.25, -0.2) is 4.79 Å². The zero-order chi connectivity index (χ0) is 12.3. The Morgan fingerprint density at radius 1 is 1.35 bits per heavy atom. The van der Waals surface area contributed by atoms with Gasteiger partial charge in [0.1, 0.15) is 0 Å². The second kappa shape index (κ2) is 5.04. The molecule has 0 unspecified atom stereocenters. The molecule has 0 spiro atoms. The van der Waals surface area contributed by atoms with E-state index >= 15 is 0 Å². The fraction of sp³-hybridized carbons (Fsp3) is 0.357. The van der Waals surface area contributed by atoms with Crippen molar-refractivity contribution in [1.82, 2.24) is 0 Å². The lowest BCUT2D eigenvalue weighted by Gasteiger charge is -2.26. The van der Waals surface area contributed by atoms with Crippen molar-refractivity contribution in [1.29, 1.82) is 0 Å². The third kappa shape index (κ3) is 2.67. The number of allylic oxidation sites excluding steroid dienone is 1. The van der Waals surface area contributed by atoms with E-state index < -0.39 is 5.97 Å². The van der Waals surface area contributed by atoms with E-state index in [0.29, 0.717) is 5.76 Å². The highest BCUT2D eigenvalue weighted by molar-refractivity contribution is 5.86. The molecule has 3 nitrogen and oxygen atoms in total. The molecule has 0 aliphatic carbocycles. The van der Waals surface area contributed by atoms with Gasteiger partial charge in [-0.15, -0.1) is 0 Å². The zero-order valence-corrected chi connectivity index (χ0v) is 10.1. The van der Waals surface area contributed by atoms with Crippen LogP contribution in [0.5, 0.6) is 0 Å². The first kappa shape index (κ1) is 11.7. The van der Waals surface area contributed by atoms with E-state index in [1.807, 2.05) is 31.2 Å². The number of hydrogen-bond donors (Lipinski definition) is 0. The number of ether oxygens (including phenoxy) is 2. The molecule has 0 saturated carbocycles. The van der Waals surface area contributed by atoms with Crippen molar-refractivity contribution in [2.45, 2.75) is 25.4 Å². The van der Waals surface area contributed by atoms with Gasteiger partial charge in [0.05, 0.1) is 13.2 Å². The van der Waals surface area contributed by atoms with Gasteiger partial charge in [0.25, 0.3) is 0 Å². The molecule has 0 N–H and O–H groups in total. The summed E-state index contributed by atoms with van der Waals surface area (Å²) in [5.41, 5.74) is 1.20. The van der Waals surface area contributed by atoms with Crippen LogP contribution in [0.2, 0.25) is 0 Å². The summed E-state index contributed by atoms with van der Waals surface area (Å²) < 4.78 is 10.2. The molecule has 0 saturated heterocycles. The van der Waals surface area contributed by atoms with Crippen LogP contribution in [0.15, 0.2) is 42.2 Å². The Hall–Kier alpha value is -1.77. The third-order valence-electron chi connectivity index (χ3n) is 2.88. The van der Waals surface area contributed by atoms with E-state index in [4.69, 9.17) is 4.74 Å². The highest BCUT2D eigenvalue weighted by Gasteiger charge is 2.25. The maximum atomic E-state index is 11.5. The Bertz CT molecular complexity index is 422. The van der Waals surface area contributed by atoms with E-state index in [9.17, 15) is 4.79 Å². The van der Waals surface area contributed by atoms with Crippen LogP contribution in [0.25, 0.3) is 0 Å². The molecule has 3 heteroatoms. The highest BCUT2D eigenvalue weighted by atomic mass is 16.6. The van der Waals surface area contributed by atoms with Crippen LogP contribution in [-0.2, 0) is 14.3 Å². The largest absolute Gasteiger partial charge is 0.484 e. The number of carbonyl (C=O) groups is 1. The number of carbonyl (C=O) groups excluding carboxylic acids is 1. The molecule has 1 aliphatic heterocycles. The molecule has 0 radical (unpaired) electrons. The lowest BCUT2D eigenvalue weighted by atomic mass is 9.91. The van der Waals surface area contributed by atoms with Gasteiger partial charge in [0.15, 0.2) is 0 Å². The van der Waals surface area contributed by atoms with E-state index in [1.54, 1.807) is 0 Å². The van der Waals surface area contributed by atoms with Crippen molar-refractivity contribution < 1.29 is 14.3 Å². The monoisotopic (exact) mass is 232 g/mol. The summed E-state index contributed by atoms with van der Waals surface area (Å²) >= 11 is 0. The van der Waals surface area contributed by atoms with E-state index in [-0.39, 0.29) is 12.0 Å². The second-order valence-electron chi connectivity index (χ2n) is 4.20. The average Bonchev–Trinajstić information content (AvgIpc) is 2.38. The standard InChI is InChI=1S/C14H16O3/c1-10-8-12(11-6-4-3-5-7-11)9-13(17-10)14(15)16-2/h3-7,9-10,12H,8H2,1-2H3/t10-,12-/m0/s1. The van der Waals surface area contributed by atoms with Crippen LogP contribution in [0.1, 0.15) is 24.8 Å². The van der Waals surface area contributed by atoms with Crippen molar-refractivity contribution in [2.24, 2.45) is 0 Å². The fourth-order valence-electron chi connectivity index (χ4n) is 2.06. The summed E-state index contributed by atoms with van der Waals surface area (Å²) in [6.45, 7) is 1.96. The molecule has 2 rings (SSSR count). The van der Waals surface area contributed by atoms with Gasteiger partial charge in [0.2, 0.25) is 5.76 Å². The first-order valence-corrected chi connectivity index (χ1v) is 5.72. The molecule has 17 heavy (non-hydrogen) atoms. The Morgan fingerprint density at radius 2 is 2.06 bits per heavy atom. The average molecular weight is 232 g/mol. The number of hydrogen-bond acceptors (Lipinski definition) is 3. The maximum absolute atomic E-state index is 11.5. The first-order valence-electron chi connectivity index (χ1n) is 5.72. The van der Waals surface area contributed by atoms with Crippen LogP contribution in [-0.4, -0.2) is 19.2 Å². The lowest BCUT2D eigenvalue weighted by Crippen LogP contribution is -2.22. The summed E-state index contributed by atoms with van der Waals surface area (Å²) in [5, 5.41) is 0. The number of benzene rings is 1. The van der Waals surface area contributed by atoms with E-state index in [0.717, 1.165) is 6.42 Å². The van der Waals surface area contributed by atoms with Crippen molar-refractivity contribution in [2.75, 3.05) is 7.11 Å². The molecule has 0 fully saturated rings. The van der Waals surface area contributed by atoms with Crippen molar-refractivity contribution in [3.05, 3.63) is 47.7 Å². The van der Waals surface area contributed by atoms with E-state index in [2.05, 4.69) is 16.9 Å². The summed E-state index contributed by atoms with van der Waals surface area (Å²) in [7, 11) is 1.36. The SMILES string of the molecule is COC(=O)C1=C[C@@H](c2ccccc2)C[C@H](C)O1. The third-order valence-corrected chi connectivity index (χ3v) is 2.88. The minimum absolute atomic E-state index is 0.0271. The number of rotatable bonds is 2. The van der Waals surface area contributed by atoms with Gasteiger partial charge in [-0.05, 0) is 25.0 Å². The molecule has 1 aromatic carbocycles. The van der Waals surface area contributed by atoms with Crippen LogP contribution in [0.3, 0.4) is 0 Å². The molecule has 0 amide bonds. The van der Waals surface area contributed by atoms with Gasteiger partial charge >= 0.3 is 5.97 Å². The molecule has 1 aliphatic rings. The summed E-state index contributed by atoms with van der Waals surface area (Å²) in [6.07, 6.45) is 2.75. The molecule has 90 valence electrons. The molecular formula is C14H16O3. The number of esters is 1. The van der Waals surface area contributed by atoms with Crippen molar-refractivity contribution in [3.63, 3.8) is 0 Å². The van der Waals surface area contributed by atoms with Crippen LogP contribution < -0.4 is 0 Å². The molecule has 1 heterocycles. The van der Waals surface area contributed by atoms with Crippen molar-refractivity contribution >= 4 is 5.97 Å². The zero-order valence-electron chi connectivity index (χ0n) is 10.1. The van der Waals surface area contributed by atoms with Gasteiger partial charge in [-0.1, -0.05) is 30.3 Å². The topological polar surface area (TPSA) is 35.5 Å². The molecule has 1 aromatic rings. The molecule has 0 bridgehead atoms. The van der Waals surface area contributed by atoms with Gasteiger partial charge in [-0.2, -0.15) is 0 Å². The normalized spacial score (nSPS) is 23.5. The predicted molar refractivity (Wildman–Crippen MR) is 64.4 cm³/mol. The van der Waals surface area contributed by atoms with Crippen LogP contribution in [0, 0.1) is 0 Å². The Morgan fingerprint density at radius 3 is 2.71 bits per heavy atom. The summed E-state index contributed by atoms with van der Waals surface area (Å²) in [6, 6.07) is 10.1. The Kier molecular flexibility index (Phi) is 3.47. The van der Waals surface area contributed by atoms with Gasteiger partial charge in [-0.3, -0.25) is 0 Å². The predicted octanol–water partition coefficient (Wildman–Crippen LogP) is 2.64. The number of methoxy groups -OCH3 is 1.